The molecule has 110 valence electrons. The van der Waals surface area contributed by atoms with Crippen LogP contribution in [0.5, 0.6) is 5.75 Å². The van der Waals surface area contributed by atoms with E-state index in [-0.39, 0.29) is 5.84 Å². The van der Waals surface area contributed by atoms with E-state index in [0.717, 1.165) is 11.3 Å². The van der Waals surface area contributed by atoms with Crippen LogP contribution >= 0.6 is 0 Å². The molecule has 0 aliphatic carbocycles. The number of hydrogen-bond donors (Lipinski definition) is 2. The summed E-state index contributed by atoms with van der Waals surface area (Å²) in [5, 5.41) is 11.8. The third-order valence-electron chi connectivity index (χ3n) is 3.34. The molecule has 0 radical (unpaired) electrons. The Kier molecular flexibility index (Phi) is 4.82. The van der Waals surface area contributed by atoms with Gasteiger partial charge in [-0.3, -0.25) is 0 Å². The van der Waals surface area contributed by atoms with Crippen molar-refractivity contribution in [3.8, 4) is 5.75 Å². The van der Waals surface area contributed by atoms with E-state index in [2.05, 4.69) is 31.1 Å². The fourth-order valence-electron chi connectivity index (χ4n) is 2.06. The zero-order valence-corrected chi connectivity index (χ0v) is 12.3. The zero-order chi connectivity index (χ0) is 15.2. The molecule has 0 heterocycles. The van der Waals surface area contributed by atoms with Crippen LogP contribution in [0.1, 0.15) is 36.5 Å². The van der Waals surface area contributed by atoms with Crippen LogP contribution in [0, 0.1) is 0 Å². The second-order valence-corrected chi connectivity index (χ2v) is 5.15. The van der Waals surface area contributed by atoms with Crippen LogP contribution in [0.3, 0.4) is 0 Å². The van der Waals surface area contributed by atoms with E-state index in [9.17, 15) is 0 Å². The van der Waals surface area contributed by atoms with Gasteiger partial charge in [0.2, 0.25) is 0 Å². The molecule has 0 amide bonds. The minimum Gasteiger partial charge on any atom is -0.489 e. The SMILES string of the molecule is CC(C)c1ccc(OCc2ccccc2/C(N)=N/O)cc1. The Morgan fingerprint density at radius 2 is 1.81 bits per heavy atom. The molecule has 21 heavy (non-hydrogen) atoms. The fraction of sp³-hybridized carbons (Fsp3) is 0.235. The predicted octanol–water partition coefficient (Wildman–Crippen LogP) is 3.48. The number of rotatable bonds is 5. The second-order valence-electron chi connectivity index (χ2n) is 5.15. The van der Waals surface area contributed by atoms with E-state index in [1.807, 2.05) is 30.3 Å². The zero-order valence-electron chi connectivity index (χ0n) is 12.3. The summed E-state index contributed by atoms with van der Waals surface area (Å²) < 4.78 is 5.77. The highest BCUT2D eigenvalue weighted by atomic mass is 16.5. The first-order valence-electron chi connectivity index (χ1n) is 6.90. The summed E-state index contributed by atoms with van der Waals surface area (Å²) in [4.78, 5) is 0. The van der Waals surface area contributed by atoms with Crippen LogP contribution in [0.25, 0.3) is 0 Å². The molecule has 0 unspecified atom stereocenters. The maximum atomic E-state index is 8.80. The highest BCUT2D eigenvalue weighted by molar-refractivity contribution is 5.98. The van der Waals surface area contributed by atoms with Crippen molar-refractivity contribution in [2.75, 3.05) is 0 Å². The molecule has 2 rings (SSSR count). The lowest BCUT2D eigenvalue weighted by molar-refractivity contribution is 0.305. The van der Waals surface area contributed by atoms with Crippen molar-refractivity contribution in [2.24, 2.45) is 10.9 Å². The van der Waals surface area contributed by atoms with Crippen molar-refractivity contribution < 1.29 is 9.94 Å². The van der Waals surface area contributed by atoms with E-state index in [1.165, 1.54) is 5.56 Å². The number of amidine groups is 1. The number of ether oxygens (including phenoxy) is 1. The first-order chi connectivity index (χ1) is 10.1. The Hall–Kier alpha value is -2.49. The monoisotopic (exact) mass is 284 g/mol. The molecule has 0 spiro atoms. The van der Waals surface area contributed by atoms with Gasteiger partial charge in [-0.25, -0.2) is 0 Å². The fourth-order valence-corrected chi connectivity index (χ4v) is 2.06. The topological polar surface area (TPSA) is 67.8 Å². The van der Waals surface area contributed by atoms with Gasteiger partial charge in [0.05, 0.1) is 0 Å². The number of oxime groups is 1. The molecule has 2 aromatic rings. The van der Waals surface area contributed by atoms with Gasteiger partial charge < -0.3 is 15.7 Å². The molecule has 4 heteroatoms. The van der Waals surface area contributed by atoms with Crippen LogP contribution in [0.15, 0.2) is 53.7 Å². The van der Waals surface area contributed by atoms with Crippen molar-refractivity contribution in [1.82, 2.24) is 0 Å². The molecular weight excluding hydrogens is 264 g/mol. The van der Waals surface area contributed by atoms with Gasteiger partial charge >= 0.3 is 0 Å². The van der Waals surface area contributed by atoms with Crippen LogP contribution < -0.4 is 10.5 Å². The average molecular weight is 284 g/mol. The number of hydrogen-bond acceptors (Lipinski definition) is 3. The molecule has 0 bridgehead atoms. The average Bonchev–Trinajstić information content (AvgIpc) is 2.52. The van der Waals surface area contributed by atoms with Crippen molar-refractivity contribution in [2.45, 2.75) is 26.4 Å². The van der Waals surface area contributed by atoms with Gasteiger partial charge in [-0.2, -0.15) is 0 Å². The van der Waals surface area contributed by atoms with E-state index in [0.29, 0.717) is 18.1 Å². The van der Waals surface area contributed by atoms with Crippen molar-refractivity contribution >= 4 is 5.84 Å². The summed E-state index contributed by atoms with van der Waals surface area (Å²) in [5.74, 6) is 1.39. The highest BCUT2D eigenvalue weighted by Crippen LogP contribution is 2.20. The Morgan fingerprint density at radius 3 is 2.43 bits per heavy atom. The lowest BCUT2D eigenvalue weighted by atomic mass is 10.0. The van der Waals surface area contributed by atoms with E-state index < -0.39 is 0 Å². The van der Waals surface area contributed by atoms with E-state index >= 15 is 0 Å². The minimum absolute atomic E-state index is 0.0874. The maximum Gasteiger partial charge on any atom is 0.170 e. The molecule has 3 N–H and O–H groups in total. The summed E-state index contributed by atoms with van der Waals surface area (Å²) in [5.41, 5.74) is 8.49. The normalized spacial score (nSPS) is 11.7. The summed E-state index contributed by atoms with van der Waals surface area (Å²) in [6, 6.07) is 15.5. The molecule has 0 aliphatic heterocycles. The maximum absolute atomic E-state index is 8.80. The van der Waals surface area contributed by atoms with Crippen LogP contribution in [0.4, 0.5) is 0 Å². The summed E-state index contributed by atoms with van der Waals surface area (Å²) >= 11 is 0. The minimum atomic E-state index is 0.0874. The summed E-state index contributed by atoms with van der Waals surface area (Å²) in [6.07, 6.45) is 0. The molecule has 4 nitrogen and oxygen atoms in total. The Labute approximate surface area is 124 Å². The highest BCUT2D eigenvalue weighted by Gasteiger charge is 2.07. The third-order valence-corrected chi connectivity index (χ3v) is 3.34. The lowest BCUT2D eigenvalue weighted by Gasteiger charge is -2.11. The Balaban J connectivity index is 2.10. The summed E-state index contributed by atoms with van der Waals surface area (Å²) in [6.45, 7) is 4.68. The molecule has 0 atom stereocenters. The smallest absolute Gasteiger partial charge is 0.170 e. The molecule has 0 saturated carbocycles. The van der Waals surface area contributed by atoms with Gasteiger partial charge in [0.25, 0.3) is 0 Å². The molecule has 2 aromatic carbocycles. The predicted molar refractivity (Wildman–Crippen MR) is 83.8 cm³/mol. The molecular formula is C17H20N2O2. The van der Waals surface area contributed by atoms with Crippen LogP contribution in [0.2, 0.25) is 0 Å². The Bertz CT molecular complexity index is 619. The quantitative estimate of drug-likeness (QED) is 0.382. The van der Waals surface area contributed by atoms with Gasteiger partial charge in [0.1, 0.15) is 12.4 Å². The van der Waals surface area contributed by atoms with Crippen molar-refractivity contribution in [1.29, 1.82) is 0 Å². The second kappa shape index (κ2) is 6.79. The molecule has 0 fully saturated rings. The largest absolute Gasteiger partial charge is 0.489 e. The van der Waals surface area contributed by atoms with Crippen LogP contribution in [-0.2, 0) is 6.61 Å². The number of benzene rings is 2. The number of nitrogens with zero attached hydrogens (tertiary/aromatic N) is 1. The third kappa shape index (κ3) is 3.75. The van der Waals surface area contributed by atoms with Crippen molar-refractivity contribution in [3.63, 3.8) is 0 Å². The van der Waals surface area contributed by atoms with Gasteiger partial charge in [0.15, 0.2) is 5.84 Å². The first kappa shape index (κ1) is 14.9. The van der Waals surface area contributed by atoms with Crippen molar-refractivity contribution in [3.05, 3.63) is 65.2 Å². The lowest BCUT2D eigenvalue weighted by Crippen LogP contribution is -2.16. The van der Waals surface area contributed by atoms with Crippen LogP contribution in [-0.4, -0.2) is 11.0 Å². The summed E-state index contributed by atoms with van der Waals surface area (Å²) in [7, 11) is 0. The molecule has 0 saturated heterocycles. The van der Waals surface area contributed by atoms with E-state index in [1.54, 1.807) is 6.07 Å². The molecule has 0 aliphatic rings. The standard InChI is InChI=1S/C17H20N2O2/c1-12(2)13-7-9-15(10-8-13)21-11-14-5-3-4-6-16(14)17(18)19-20/h3-10,12,20H,11H2,1-2H3,(H2,18,19). The Morgan fingerprint density at radius 1 is 1.14 bits per heavy atom. The van der Waals surface area contributed by atoms with E-state index in [4.69, 9.17) is 15.7 Å². The van der Waals surface area contributed by atoms with Gasteiger partial charge in [-0.15, -0.1) is 0 Å². The first-order valence-corrected chi connectivity index (χ1v) is 6.90. The number of nitrogens with two attached hydrogens (primary N) is 1. The van der Waals surface area contributed by atoms with Gasteiger partial charge in [-0.1, -0.05) is 55.4 Å². The molecule has 0 aromatic heterocycles. The van der Waals surface area contributed by atoms with Gasteiger partial charge in [-0.05, 0) is 23.6 Å². The van der Waals surface area contributed by atoms with Gasteiger partial charge in [0, 0.05) is 11.1 Å².